The quantitative estimate of drug-likeness (QED) is 0.548. The van der Waals surface area contributed by atoms with Gasteiger partial charge in [0.05, 0.1) is 0 Å². The number of rotatable bonds is 8. The summed E-state index contributed by atoms with van der Waals surface area (Å²) < 4.78 is 29.6. The van der Waals surface area contributed by atoms with Crippen molar-refractivity contribution in [1.82, 2.24) is 9.47 Å². The van der Waals surface area contributed by atoms with Crippen molar-refractivity contribution in [3.63, 3.8) is 0 Å². The summed E-state index contributed by atoms with van der Waals surface area (Å²) in [4.78, 5) is 25.3. The number of carboxylic acids is 1. The second-order valence-electron chi connectivity index (χ2n) is 6.77. The molecule has 0 bridgehead atoms. The maximum Gasteiger partial charge on any atom is 0.346 e. The minimum atomic E-state index is -3.91. The minimum Gasteiger partial charge on any atom is -0.477 e. The Morgan fingerprint density at radius 1 is 1.17 bits per heavy atom. The van der Waals surface area contributed by atoms with E-state index in [2.05, 4.69) is 4.72 Å². The molecule has 0 aliphatic rings. The highest BCUT2D eigenvalue weighted by Crippen LogP contribution is 2.29. The number of thiophene rings is 1. The molecule has 160 valence electrons. The van der Waals surface area contributed by atoms with Gasteiger partial charge in [-0.25, -0.2) is 13.2 Å². The second kappa shape index (κ2) is 8.49. The van der Waals surface area contributed by atoms with Gasteiger partial charge in [0.1, 0.15) is 15.6 Å². The van der Waals surface area contributed by atoms with E-state index >= 15 is 0 Å². The fourth-order valence-corrected chi connectivity index (χ4v) is 5.65. The van der Waals surface area contributed by atoms with Crippen molar-refractivity contribution in [2.75, 3.05) is 17.8 Å². The average molecular weight is 450 g/mol. The molecule has 3 aromatic rings. The van der Waals surface area contributed by atoms with Gasteiger partial charge in [-0.2, -0.15) is 0 Å². The Bertz CT molecular complexity index is 1210. The lowest BCUT2D eigenvalue weighted by molar-refractivity contribution is -0.131. The fourth-order valence-electron chi connectivity index (χ4n) is 3.23. The Balaban J connectivity index is 1.84. The van der Waals surface area contributed by atoms with Crippen molar-refractivity contribution in [2.24, 2.45) is 0 Å². The number of nitrogens with one attached hydrogen (secondary N) is 1. The fraction of sp³-hybridized carbons (Fsp3) is 0.300. The Kier molecular flexibility index (Phi) is 6.18. The van der Waals surface area contributed by atoms with E-state index in [4.69, 9.17) is 5.11 Å². The van der Waals surface area contributed by atoms with Crippen LogP contribution in [0, 0.1) is 6.92 Å². The molecule has 1 aromatic carbocycles. The van der Waals surface area contributed by atoms with Crippen LogP contribution < -0.4 is 4.72 Å². The third-order valence-corrected chi connectivity index (χ3v) is 7.88. The normalized spacial score (nSPS) is 11.6. The standard InChI is InChI=1S/C20H23N3O5S2/c1-4-22(5-2)17(24)12-23-9-8-14-11-15(6-7-16(14)23)21-30(27,28)18-10-13(3)19(29-18)20(25)26/h6-11,21H,4-5,12H2,1-3H3,(H,25,26). The molecule has 0 atom stereocenters. The van der Waals surface area contributed by atoms with Crippen LogP contribution >= 0.6 is 11.3 Å². The molecule has 10 heteroatoms. The number of hydrogen-bond acceptors (Lipinski definition) is 5. The molecule has 3 rings (SSSR count). The Morgan fingerprint density at radius 3 is 2.47 bits per heavy atom. The first kappa shape index (κ1) is 21.8. The molecule has 0 saturated carbocycles. The number of carbonyl (C=O) groups is 2. The number of amides is 1. The van der Waals surface area contributed by atoms with Crippen molar-refractivity contribution in [1.29, 1.82) is 0 Å². The summed E-state index contributed by atoms with van der Waals surface area (Å²) in [5, 5.41) is 9.94. The Labute approximate surface area is 178 Å². The van der Waals surface area contributed by atoms with Gasteiger partial charge in [-0.05, 0) is 56.7 Å². The summed E-state index contributed by atoms with van der Waals surface area (Å²) in [6.45, 7) is 6.93. The number of hydrogen-bond donors (Lipinski definition) is 2. The smallest absolute Gasteiger partial charge is 0.346 e. The number of nitrogens with zero attached hydrogens (tertiary/aromatic N) is 2. The predicted octanol–water partition coefficient (Wildman–Crippen LogP) is 3.38. The van der Waals surface area contributed by atoms with Crippen LogP contribution in [0.3, 0.4) is 0 Å². The van der Waals surface area contributed by atoms with Crippen LogP contribution in [0.1, 0.15) is 29.1 Å². The van der Waals surface area contributed by atoms with Crippen molar-refractivity contribution in [3.8, 4) is 0 Å². The molecule has 0 unspecified atom stereocenters. The van der Waals surface area contributed by atoms with Crippen LogP contribution in [-0.4, -0.2) is 48.0 Å². The number of carboxylic acid groups (broad SMARTS) is 1. The van der Waals surface area contributed by atoms with Crippen LogP contribution in [0.2, 0.25) is 0 Å². The van der Waals surface area contributed by atoms with Crippen molar-refractivity contribution in [2.45, 2.75) is 31.5 Å². The van der Waals surface area contributed by atoms with Gasteiger partial charge in [0.25, 0.3) is 10.0 Å². The van der Waals surface area contributed by atoms with E-state index in [9.17, 15) is 18.0 Å². The van der Waals surface area contributed by atoms with Crippen molar-refractivity contribution >= 4 is 49.8 Å². The van der Waals surface area contributed by atoms with E-state index < -0.39 is 16.0 Å². The number of anilines is 1. The number of carbonyl (C=O) groups excluding carboxylic acids is 1. The monoisotopic (exact) mass is 449 g/mol. The van der Waals surface area contributed by atoms with E-state index in [1.807, 2.05) is 24.5 Å². The van der Waals surface area contributed by atoms with Gasteiger partial charge < -0.3 is 14.6 Å². The molecule has 1 amide bonds. The maximum atomic E-state index is 12.7. The molecular weight excluding hydrogens is 426 g/mol. The van der Waals surface area contributed by atoms with E-state index in [-0.39, 0.29) is 21.5 Å². The van der Waals surface area contributed by atoms with Crippen LogP contribution in [0.4, 0.5) is 5.69 Å². The highest BCUT2D eigenvalue weighted by Gasteiger charge is 2.22. The number of fused-ring (bicyclic) bond motifs is 1. The minimum absolute atomic E-state index is 0.000716. The number of benzene rings is 1. The molecule has 0 fully saturated rings. The molecule has 8 nitrogen and oxygen atoms in total. The van der Waals surface area contributed by atoms with Crippen LogP contribution in [0.25, 0.3) is 10.9 Å². The van der Waals surface area contributed by atoms with E-state index in [0.29, 0.717) is 24.3 Å². The van der Waals surface area contributed by atoms with E-state index in [1.54, 1.807) is 36.2 Å². The summed E-state index contributed by atoms with van der Waals surface area (Å²) in [7, 11) is -3.91. The summed E-state index contributed by atoms with van der Waals surface area (Å²) in [5.41, 5.74) is 1.58. The lowest BCUT2D eigenvalue weighted by Gasteiger charge is -2.19. The van der Waals surface area contributed by atoms with Crippen LogP contribution in [0.5, 0.6) is 0 Å². The van der Waals surface area contributed by atoms with Crippen LogP contribution in [0.15, 0.2) is 40.7 Å². The van der Waals surface area contributed by atoms with Gasteiger partial charge >= 0.3 is 5.97 Å². The molecule has 2 heterocycles. The summed E-state index contributed by atoms with van der Waals surface area (Å²) in [6, 6.07) is 8.23. The lowest BCUT2D eigenvalue weighted by atomic mass is 10.2. The van der Waals surface area contributed by atoms with E-state index in [0.717, 1.165) is 22.2 Å². The van der Waals surface area contributed by atoms with Gasteiger partial charge in [0.2, 0.25) is 5.91 Å². The van der Waals surface area contributed by atoms with Gasteiger partial charge in [-0.1, -0.05) is 0 Å². The molecule has 0 aliphatic carbocycles. The third-order valence-electron chi connectivity index (χ3n) is 4.80. The molecule has 0 radical (unpaired) electrons. The summed E-state index contributed by atoms with van der Waals surface area (Å²) in [5.74, 6) is -1.13. The number of aromatic nitrogens is 1. The number of aromatic carboxylic acids is 1. The van der Waals surface area contributed by atoms with Crippen LogP contribution in [-0.2, 0) is 21.4 Å². The van der Waals surface area contributed by atoms with Gasteiger partial charge in [-0.3, -0.25) is 9.52 Å². The zero-order valence-corrected chi connectivity index (χ0v) is 18.5. The molecule has 0 aliphatic heterocycles. The van der Waals surface area contributed by atoms with E-state index in [1.165, 1.54) is 6.07 Å². The highest BCUT2D eigenvalue weighted by molar-refractivity contribution is 7.94. The maximum absolute atomic E-state index is 12.7. The first-order valence-electron chi connectivity index (χ1n) is 9.39. The molecule has 2 N–H and O–H groups in total. The number of likely N-dealkylation sites (N-methyl/N-ethyl adjacent to an activating group) is 1. The lowest BCUT2D eigenvalue weighted by Crippen LogP contribution is -2.33. The zero-order chi connectivity index (χ0) is 22.1. The predicted molar refractivity (Wildman–Crippen MR) is 117 cm³/mol. The van der Waals surface area contributed by atoms with Gasteiger partial charge in [0, 0.05) is 35.9 Å². The second-order valence-corrected chi connectivity index (χ2v) is 9.73. The number of aryl methyl sites for hydroxylation is 1. The molecule has 30 heavy (non-hydrogen) atoms. The highest BCUT2D eigenvalue weighted by atomic mass is 32.2. The molecule has 0 spiro atoms. The first-order chi connectivity index (χ1) is 14.2. The van der Waals surface area contributed by atoms with Gasteiger partial charge in [0.15, 0.2) is 0 Å². The molecular formula is C20H23N3O5S2. The molecule has 2 aromatic heterocycles. The average Bonchev–Trinajstić information content (AvgIpc) is 3.26. The Morgan fingerprint density at radius 2 is 1.87 bits per heavy atom. The van der Waals surface area contributed by atoms with Gasteiger partial charge in [-0.15, -0.1) is 11.3 Å². The first-order valence-corrected chi connectivity index (χ1v) is 11.7. The summed E-state index contributed by atoms with van der Waals surface area (Å²) in [6.07, 6.45) is 1.80. The van der Waals surface area contributed by atoms with Crippen molar-refractivity contribution in [3.05, 3.63) is 47.0 Å². The zero-order valence-electron chi connectivity index (χ0n) is 16.9. The summed E-state index contributed by atoms with van der Waals surface area (Å²) >= 11 is 0.719. The number of sulfonamides is 1. The third kappa shape index (κ3) is 4.34. The SMILES string of the molecule is CCN(CC)C(=O)Cn1ccc2cc(NS(=O)(=O)c3cc(C)c(C(=O)O)s3)ccc21. The largest absolute Gasteiger partial charge is 0.477 e. The molecule has 0 saturated heterocycles. The Hall–Kier alpha value is -2.85. The topological polar surface area (TPSA) is 109 Å². The van der Waals surface area contributed by atoms with Crippen molar-refractivity contribution < 1.29 is 23.1 Å².